The van der Waals surface area contributed by atoms with E-state index in [1.54, 1.807) is 0 Å². The van der Waals surface area contributed by atoms with E-state index in [0.29, 0.717) is 12.5 Å². The number of carbonyl (C=O) groups excluding carboxylic acids is 1. The van der Waals surface area contributed by atoms with E-state index >= 15 is 0 Å². The van der Waals surface area contributed by atoms with Crippen LogP contribution in [0.5, 0.6) is 0 Å². The van der Waals surface area contributed by atoms with Crippen LogP contribution in [0.1, 0.15) is 54.8 Å². The third kappa shape index (κ3) is 5.08. The second kappa shape index (κ2) is 9.64. The van der Waals surface area contributed by atoms with Crippen LogP contribution in [-0.4, -0.2) is 48.3 Å². The summed E-state index contributed by atoms with van der Waals surface area (Å²) in [7, 11) is 0. The first-order valence-corrected chi connectivity index (χ1v) is 10.2. The fourth-order valence-corrected chi connectivity index (χ4v) is 4.62. The zero-order valence-electron chi connectivity index (χ0n) is 16.3. The minimum Gasteiger partial charge on any atom is -0.389 e. The Morgan fingerprint density at radius 1 is 1.37 bits per heavy atom. The second-order valence-electron chi connectivity index (χ2n) is 8.00. The highest BCUT2D eigenvalue weighted by molar-refractivity contribution is 5.79. The predicted molar refractivity (Wildman–Crippen MR) is 105 cm³/mol. The third-order valence-corrected chi connectivity index (χ3v) is 5.94. The molecule has 1 fully saturated rings. The Morgan fingerprint density at radius 2 is 2.15 bits per heavy atom. The summed E-state index contributed by atoms with van der Waals surface area (Å²) < 4.78 is 0. The molecule has 150 valence electrons. The van der Waals surface area contributed by atoms with Gasteiger partial charge in [-0.25, -0.2) is 5.90 Å². The molecule has 1 amide bonds. The van der Waals surface area contributed by atoms with Crippen LogP contribution >= 0.6 is 0 Å². The topological polar surface area (TPSA) is 87.8 Å². The molecule has 1 heterocycles. The molecule has 1 aliphatic carbocycles. The fourth-order valence-electron chi connectivity index (χ4n) is 4.62. The molecule has 3 rings (SSSR count). The summed E-state index contributed by atoms with van der Waals surface area (Å²) in [6, 6.07) is 6.88. The molecule has 6 nitrogen and oxygen atoms in total. The molecule has 1 unspecified atom stereocenters. The van der Waals surface area contributed by atoms with Gasteiger partial charge in [-0.05, 0) is 43.2 Å². The summed E-state index contributed by atoms with van der Waals surface area (Å²) in [5.41, 5.74) is 3.99. The lowest BCUT2D eigenvalue weighted by atomic mass is 9.77. The zero-order chi connectivity index (χ0) is 19.2. The van der Waals surface area contributed by atoms with Crippen molar-refractivity contribution >= 4 is 5.91 Å². The lowest BCUT2D eigenvalue weighted by Gasteiger charge is -2.43. The normalized spacial score (nSPS) is 21.7. The molecule has 0 spiro atoms. The molecule has 1 saturated carbocycles. The highest BCUT2D eigenvalue weighted by Crippen LogP contribution is 2.42. The van der Waals surface area contributed by atoms with E-state index in [0.717, 1.165) is 13.0 Å². The molecule has 6 heteroatoms. The average Bonchev–Trinajstić information content (AvgIpc) is 2.67. The Bertz CT molecular complexity index is 631. The lowest BCUT2D eigenvalue weighted by molar-refractivity contribution is -0.135. The molecule has 1 aromatic carbocycles. The predicted octanol–water partition coefficient (Wildman–Crippen LogP) is 1.84. The van der Waals surface area contributed by atoms with Crippen LogP contribution in [0.25, 0.3) is 0 Å². The van der Waals surface area contributed by atoms with Gasteiger partial charge in [-0.15, -0.1) is 0 Å². The lowest BCUT2D eigenvalue weighted by Crippen LogP contribution is -2.47. The highest BCUT2D eigenvalue weighted by atomic mass is 16.6. The maximum atomic E-state index is 13.0. The quantitative estimate of drug-likeness (QED) is 0.633. The Balaban J connectivity index is 1.73. The van der Waals surface area contributed by atoms with Gasteiger partial charge in [0.1, 0.15) is 0 Å². The molecular formula is C21H33N3O3. The first kappa shape index (κ1) is 20.3. The Hall–Kier alpha value is -1.47. The number of fused-ring (bicyclic) bond motifs is 1. The monoisotopic (exact) mass is 375 g/mol. The molecule has 0 aromatic heterocycles. The second-order valence-corrected chi connectivity index (χ2v) is 8.00. The maximum Gasteiger partial charge on any atom is 0.237 e. The zero-order valence-corrected chi connectivity index (χ0v) is 16.3. The molecule has 0 saturated heterocycles. The molecule has 1 aromatic rings. The number of rotatable bonds is 7. The van der Waals surface area contributed by atoms with E-state index < -0.39 is 6.10 Å². The number of hydrogen-bond donors (Lipinski definition) is 3. The van der Waals surface area contributed by atoms with Crippen LogP contribution in [-0.2, 0) is 16.1 Å². The third-order valence-electron chi connectivity index (χ3n) is 5.94. The number of aliphatic hydroxyl groups excluding tert-OH is 1. The van der Waals surface area contributed by atoms with Gasteiger partial charge in [0.25, 0.3) is 0 Å². The number of aliphatic hydroxyl groups is 1. The summed E-state index contributed by atoms with van der Waals surface area (Å²) in [5.74, 6) is 5.62. The number of hydrogen-bond acceptors (Lipinski definition) is 5. The number of benzene rings is 1. The molecule has 0 bridgehead atoms. The Labute approximate surface area is 162 Å². The molecule has 4 N–H and O–H groups in total. The number of nitrogens with zero attached hydrogens (tertiary/aromatic N) is 1. The van der Waals surface area contributed by atoms with Crippen molar-refractivity contribution in [1.29, 1.82) is 0 Å². The number of amides is 1. The summed E-state index contributed by atoms with van der Waals surface area (Å²) >= 11 is 0. The van der Waals surface area contributed by atoms with Gasteiger partial charge in [0.15, 0.2) is 0 Å². The first-order valence-electron chi connectivity index (χ1n) is 10.2. The van der Waals surface area contributed by atoms with Crippen molar-refractivity contribution < 1.29 is 14.7 Å². The standard InChI is InChI=1S/C21H33N3O3/c1-15-7-8-16-9-10-24(20(26)13-23-12-18(25)14-27-22)21(19(16)11-15)17-5-3-2-4-6-17/h7-8,11,17-18,21,23,25H,2-6,9-10,12-14,22H2,1H3/t18-,21?/m0/s1. The highest BCUT2D eigenvalue weighted by Gasteiger charge is 2.36. The van der Waals surface area contributed by atoms with Crippen LogP contribution in [0.3, 0.4) is 0 Å². The summed E-state index contributed by atoms with van der Waals surface area (Å²) in [4.78, 5) is 19.5. The SMILES string of the molecule is Cc1ccc2c(c1)C(C1CCCCC1)N(C(=O)CNC[C@H](O)CON)CC2. The van der Waals surface area contributed by atoms with Gasteiger partial charge in [0.2, 0.25) is 5.91 Å². The molecule has 2 atom stereocenters. The van der Waals surface area contributed by atoms with E-state index in [9.17, 15) is 9.90 Å². The van der Waals surface area contributed by atoms with Gasteiger partial charge >= 0.3 is 0 Å². The van der Waals surface area contributed by atoms with Crippen molar-refractivity contribution in [2.24, 2.45) is 11.8 Å². The first-order chi connectivity index (χ1) is 13.1. The van der Waals surface area contributed by atoms with Crippen LogP contribution < -0.4 is 11.2 Å². The van der Waals surface area contributed by atoms with E-state index in [1.165, 1.54) is 48.8 Å². The molecule has 2 aliphatic rings. The molecule has 0 radical (unpaired) electrons. The molecule has 1 aliphatic heterocycles. The van der Waals surface area contributed by atoms with Crippen molar-refractivity contribution in [2.45, 2.75) is 57.6 Å². The van der Waals surface area contributed by atoms with Crippen LogP contribution in [0, 0.1) is 12.8 Å². The van der Waals surface area contributed by atoms with Gasteiger partial charge in [-0.1, -0.05) is 43.0 Å². The maximum absolute atomic E-state index is 13.0. The fraction of sp³-hybridized carbons (Fsp3) is 0.667. The number of nitrogens with one attached hydrogen (secondary N) is 1. The van der Waals surface area contributed by atoms with E-state index in [2.05, 4.69) is 40.2 Å². The number of nitrogens with two attached hydrogens (primary N) is 1. The largest absolute Gasteiger partial charge is 0.389 e. The summed E-state index contributed by atoms with van der Waals surface area (Å²) in [5, 5.41) is 12.7. The Kier molecular flexibility index (Phi) is 7.24. The van der Waals surface area contributed by atoms with E-state index in [-0.39, 0.29) is 25.1 Å². The summed E-state index contributed by atoms with van der Waals surface area (Å²) in [6.45, 7) is 3.47. The van der Waals surface area contributed by atoms with Gasteiger partial charge < -0.3 is 20.2 Å². The van der Waals surface area contributed by atoms with Gasteiger partial charge in [-0.2, -0.15) is 0 Å². The smallest absolute Gasteiger partial charge is 0.237 e. The molecular weight excluding hydrogens is 342 g/mol. The minimum atomic E-state index is -0.707. The van der Waals surface area contributed by atoms with Crippen molar-refractivity contribution in [3.63, 3.8) is 0 Å². The van der Waals surface area contributed by atoms with Crippen LogP contribution in [0.15, 0.2) is 18.2 Å². The summed E-state index contributed by atoms with van der Waals surface area (Å²) in [6.07, 6.45) is 6.42. The van der Waals surface area contributed by atoms with Crippen molar-refractivity contribution in [2.75, 3.05) is 26.2 Å². The van der Waals surface area contributed by atoms with E-state index in [1.807, 2.05) is 0 Å². The number of carbonyl (C=O) groups is 1. The molecule has 27 heavy (non-hydrogen) atoms. The minimum absolute atomic E-state index is 0.0578. The van der Waals surface area contributed by atoms with Gasteiger partial charge in [-0.3, -0.25) is 4.79 Å². The number of aryl methyl sites for hydroxylation is 1. The van der Waals surface area contributed by atoms with Crippen LogP contribution in [0.2, 0.25) is 0 Å². The average molecular weight is 376 g/mol. The van der Waals surface area contributed by atoms with Crippen molar-refractivity contribution in [3.05, 3.63) is 34.9 Å². The van der Waals surface area contributed by atoms with E-state index in [4.69, 9.17) is 5.90 Å². The van der Waals surface area contributed by atoms with Gasteiger partial charge in [0, 0.05) is 13.1 Å². The van der Waals surface area contributed by atoms with Crippen LogP contribution in [0.4, 0.5) is 0 Å². The van der Waals surface area contributed by atoms with Crippen molar-refractivity contribution in [1.82, 2.24) is 10.2 Å². The Morgan fingerprint density at radius 3 is 2.89 bits per heavy atom. The van der Waals surface area contributed by atoms with Crippen molar-refractivity contribution in [3.8, 4) is 0 Å². The van der Waals surface area contributed by atoms with Gasteiger partial charge in [0.05, 0.1) is 25.3 Å².